The normalized spacial score (nSPS) is 11.5. The molecule has 124 valence electrons. The van der Waals surface area contributed by atoms with E-state index in [9.17, 15) is 17.2 Å². The number of nitrogens with one attached hydrogen (secondary N) is 1. The maximum Gasteiger partial charge on any atom is 0.267 e. The van der Waals surface area contributed by atoms with Crippen molar-refractivity contribution >= 4 is 15.7 Å². The number of nitrogens with zero attached hydrogens (tertiary/aromatic N) is 3. The summed E-state index contributed by atoms with van der Waals surface area (Å²) in [6, 6.07) is 5.84. The summed E-state index contributed by atoms with van der Waals surface area (Å²) in [6.07, 6.45) is 4.57. The van der Waals surface area contributed by atoms with Crippen molar-refractivity contribution in [1.82, 2.24) is 14.5 Å². The third kappa shape index (κ3) is 2.98. The van der Waals surface area contributed by atoms with E-state index in [1.165, 1.54) is 12.3 Å². The second-order valence-electron chi connectivity index (χ2n) is 4.91. The molecule has 0 aliphatic carbocycles. The largest absolute Gasteiger partial charge is 0.288 e. The van der Waals surface area contributed by atoms with E-state index in [2.05, 4.69) is 14.7 Å². The smallest absolute Gasteiger partial charge is 0.267 e. The van der Waals surface area contributed by atoms with Crippen LogP contribution in [0.5, 0.6) is 0 Å². The topological polar surface area (TPSA) is 76.9 Å². The summed E-state index contributed by atoms with van der Waals surface area (Å²) in [4.78, 5) is 7.15. The van der Waals surface area contributed by atoms with E-state index in [1.807, 2.05) is 0 Å². The molecule has 3 rings (SSSR count). The first-order valence-corrected chi connectivity index (χ1v) is 8.30. The van der Waals surface area contributed by atoms with Gasteiger partial charge in [0, 0.05) is 12.4 Å². The van der Waals surface area contributed by atoms with Crippen LogP contribution in [0.15, 0.2) is 53.8 Å². The van der Waals surface area contributed by atoms with Crippen LogP contribution in [0.3, 0.4) is 0 Å². The third-order valence-corrected chi connectivity index (χ3v) is 4.69. The molecule has 0 bridgehead atoms. The van der Waals surface area contributed by atoms with Gasteiger partial charge in [-0.15, -0.1) is 0 Å². The van der Waals surface area contributed by atoms with Crippen molar-refractivity contribution in [2.75, 3.05) is 4.72 Å². The minimum absolute atomic E-state index is 0.0826. The molecule has 0 aliphatic rings. The Morgan fingerprint density at radius 2 is 1.79 bits per heavy atom. The maximum atomic E-state index is 13.7. The molecule has 1 N–H and O–H groups in total. The Kier molecular flexibility index (Phi) is 4.02. The molecule has 0 amide bonds. The van der Waals surface area contributed by atoms with Crippen LogP contribution >= 0.6 is 0 Å². The van der Waals surface area contributed by atoms with Gasteiger partial charge >= 0.3 is 0 Å². The van der Waals surface area contributed by atoms with E-state index in [4.69, 9.17) is 0 Å². The molecular formula is C15H12F2N4O2S. The number of halogens is 2. The molecule has 0 spiro atoms. The number of aromatic nitrogens is 3. The summed E-state index contributed by atoms with van der Waals surface area (Å²) in [5.41, 5.74) is 0.0826. The lowest BCUT2D eigenvalue weighted by atomic mass is 10.3. The molecule has 0 saturated heterocycles. The molecule has 0 atom stereocenters. The van der Waals surface area contributed by atoms with Gasteiger partial charge in [0.05, 0.1) is 11.9 Å². The molecule has 0 radical (unpaired) electrons. The van der Waals surface area contributed by atoms with Crippen LogP contribution in [0.1, 0.15) is 5.82 Å². The Labute approximate surface area is 136 Å². The maximum absolute atomic E-state index is 13.7. The highest BCUT2D eigenvalue weighted by molar-refractivity contribution is 7.92. The van der Waals surface area contributed by atoms with Gasteiger partial charge in [-0.2, -0.15) is 0 Å². The number of hydrogen-bond acceptors (Lipinski definition) is 4. The Hall–Kier alpha value is -2.81. The molecule has 2 aromatic heterocycles. The van der Waals surface area contributed by atoms with Crippen LogP contribution in [0.4, 0.5) is 14.5 Å². The summed E-state index contributed by atoms with van der Waals surface area (Å²) in [6.45, 7) is 1.79. The van der Waals surface area contributed by atoms with Crippen LogP contribution in [0, 0.1) is 18.6 Å². The monoisotopic (exact) mass is 350 g/mol. The second-order valence-corrected chi connectivity index (χ2v) is 6.53. The van der Waals surface area contributed by atoms with E-state index in [-0.39, 0.29) is 5.69 Å². The van der Waals surface area contributed by atoms with Crippen LogP contribution < -0.4 is 4.72 Å². The molecule has 2 heterocycles. The van der Waals surface area contributed by atoms with Gasteiger partial charge in [0.1, 0.15) is 23.3 Å². The van der Waals surface area contributed by atoms with Crippen molar-refractivity contribution in [3.63, 3.8) is 0 Å². The lowest BCUT2D eigenvalue weighted by Crippen LogP contribution is -2.16. The fourth-order valence-electron chi connectivity index (χ4n) is 2.15. The fourth-order valence-corrected chi connectivity index (χ4v) is 3.34. The average Bonchev–Trinajstić information content (AvgIpc) is 2.93. The van der Waals surface area contributed by atoms with Gasteiger partial charge in [0.2, 0.25) is 0 Å². The molecule has 6 nitrogen and oxygen atoms in total. The predicted octanol–water partition coefficient (Wildman–Crippen LogP) is 2.65. The van der Waals surface area contributed by atoms with Crippen LogP contribution in [-0.4, -0.2) is 23.0 Å². The summed E-state index contributed by atoms with van der Waals surface area (Å²) < 4.78 is 55.5. The first-order chi connectivity index (χ1) is 11.4. The number of rotatable bonds is 4. The number of hydrogen-bond donors (Lipinski definition) is 1. The quantitative estimate of drug-likeness (QED) is 0.785. The zero-order valence-electron chi connectivity index (χ0n) is 12.4. The summed E-state index contributed by atoms with van der Waals surface area (Å²) in [5, 5.41) is 0. The molecule has 0 fully saturated rings. The van der Waals surface area contributed by atoms with Gasteiger partial charge in [0.25, 0.3) is 10.0 Å². The fraction of sp³-hybridized carbons (Fsp3) is 0.0667. The number of benzene rings is 1. The first-order valence-electron chi connectivity index (χ1n) is 6.82. The molecule has 0 aliphatic heterocycles. The van der Waals surface area contributed by atoms with E-state index >= 15 is 0 Å². The van der Waals surface area contributed by atoms with Gasteiger partial charge in [-0.3, -0.25) is 9.29 Å². The van der Waals surface area contributed by atoms with E-state index < -0.39 is 26.6 Å². The van der Waals surface area contributed by atoms with Crippen molar-refractivity contribution in [3.8, 4) is 5.82 Å². The number of pyridine rings is 1. The highest BCUT2D eigenvalue weighted by Gasteiger charge is 2.23. The van der Waals surface area contributed by atoms with Gasteiger partial charge in [-0.05, 0) is 31.2 Å². The SMILES string of the molecule is Cc1nccn1-c1ccc(NS(=O)(=O)c2c(F)cccc2F)cn1. The lowest BCUT2D eigenvalue weighted by molar-refractivity contribution is 0.521. The number of aryl methyl sites for hydroxylation is 1. The highest BCUT2D eigenvalue weighted by Crippen LogP contribution is 2.22. The van der Waals surface area contributed by atoms with Gasteiger partial charge < -0.3 is 0 Å². The Morgan fingerprint density at radius 1 is 1.08 bits per heavy atom. The standard InChI is InChI=1S/C15H12F2N4O2S/c1-10-18-7-8-21(10)14-6-5-11(9-19-14)20-24(22,23)15-12(16)3-2-4-13(15)17/h2-9,20H,1H3. The molecule has 1 aromatic carbocycles. The third-order valence-electron chi connectivity index (χ3n) is 3.26. The number of imidazole rings is 1. The van der Waals surface area contributed by atoms with E-state index in [0.29, 0.717) is 11.6 Å². The zero-order valence-corrected chi connectivity index (χ0v) is 13.3. The first kappa shape index (κ1) is 16.1. The van der Waals surface area contributed by atoms with Crippen molar-refractivity contribution in [2.45, 2.75) is 11.8 Å². The highest BCUT2D eigenvalue weighted by atomic mass is 32.2. The zero-order chi connectivity index (χ0) is 17.3. The molecule has 24 heavy (non-hydrogen) atoms. The molecule has 3 aromatic rings. The number of sulfonamides is 1. The molecular weight excluding hydrogens is 338 g/mol. The van der Waals surface area contributed by atoms with Gasteiger partial charge in [-0.25, -0.2) is 27.2 Å². The predicted molar refractivity (Wildman–Crippen MR) is 83.3 cm³/mol. The summed E-state index contributed by atoms with van der Waals surface area (Å²) >= 11 is 0. The molecule has 9 heteroatoms. The van der Waals surface area contributed by atoms with Crippen molar-refractivity contribution in [1.29, 1.82) is 0 Å². The Morgan fingerprint density at radius 3 is 2.33 bits per heavy atom. The second kappa shape index (κ2) is 6.00. The van der Waals surface area contributed by atoms with Crippen LogP contribution in [0.25, 0.3) is 5.82 Å². The van der Waals surface area contributed by atoms with Crippen molar-refractivity contribution in [2.24, 2.45) is 0 Å². The Balaban J connectivity index is 1.90. The van der Waals surface area contributed by atoms with Crippen molar-refractivity contribution in [3.05, 3.63) is 66.4 Å². The lowest BCUT2D eigenvalue weighted by Gasteiger charge is -2.10. The summed E-state index contributed by atoms with van der Waals surface area (Å²) in [7, 11) is -4.41. The van der Waals surface area contributed by atoms with Crippen LogP contribution in [0.2, 0.25) is 0 Å². The van der Waals surface area contributed by atoms with Crippen LogP contribution in [-0.2, 0) is 10.0 Å². The molecule has 0 saturated carbocycles. The minimum Gasteiger partial charge on any atom is -0.288 e. The van der Waals surface area contributed by atoms with E-state index in [0.717, 1.165) is 18.2 Å². The van der Waals surface area contributed by atoms with Gasteiger partial charge in [0.15, 0.2) is 4.90 Å². The number of anilines is 1. The van der Waals surface area contributed by atoms with Crippen molar-refractivity contribution < 1.29 is 17.2 Å². The Bertz CT molecular complexity index is 965. The average molecular weight is 350 g/mol. The van der Waals surface area contributed by atoms with E-state index in [1.54, 1.807) is 30.0 Å². The minimum atomic E-state index is -4.41. The molecule has 0 unspecified atom stereocenters. The summed E-state index contributed by atoms with van der Waals surface area (Å²) in [5.74, 6) is -1.09. The van der Waals surface area contributed by atoms with Gasteiger partial charge in [-0.1, -0.05) is 6.07 Å².